The molecule has 0 saturated carbocycles. The van der Waals surface area contributed by atoms with E-state index in [0.717, 1.165) is 31.5 Å². The zero-order valence-electron chi connectivity index (χ0n) is 11.8. The van der Waals surface area contributed by atoms with Crippen LogP contribution in [0.2, 0.25) is 0 Å². The number of carbonyl (C=O) groups excluding carboxylic acids is 1. The molecule has 114 valence electrons. The molecule has 3 rings (SSSR count). The highest BCUT2D eigenvalue weighted by Gasteiger charge is 2.15. The summed E-state index contributed by atoms with van der Waals surface area (Å²) in [6.07, 6.45) is 3.81. The molecule has 0 bridgehead atoms. The van der Waals surface area contributed by atoms with Gasteiger partial charge in [-0.05, 0) is 31.0 Å². The second-order valence-electron chi connectivity index (χ2n) is 5.29. The Bertz CT molecular complexity index is 825. The normalized spacial score (nSPS) is 14.2. The van der Waals surface area contributed by atoms with Crippen molar-refractivity contribution in [1.29, 1.82) is 0 Å². The van der Waals surface area contributed by atoms with Gasteiger partial charge in [0.05, 0.1) is 10.9 Å². The molecule has 2 N–H and O–H groups in total. The number of hydrogen-bond acceptors (Lipinski definition) is 4. The van der Waals surface area contributed by atoms with E-state index < -0.39 is 11.9 Å². The Morgan fingerprint density at radius 2 is 2.05 bits per heavy atom. The number of aliphatic carboxylic acids is 1. The van der Waals surface area contributed by atoms with Crippen molar-refractivity contribution in [2.45, 2.75) is 32.2 Å². The maximum absolute atomic E-state index is 12.6. The highest BCUT2D eigenvalue weighted by Crippen LogP contribution is 2.18. The molecule has 0 radical (unpaired) electrons. The number of carboxylic acids is 1. The standard InChI is InChI=1S/C15H15N3O4/c19-13(15(21)22)16-9-5-6-11-10(8-9)14(20)18-7-3-1-2-4-12(18)17-11/h5-6,8H,1-4,7H2,(H,16,19)(H,21,22). The number of fused-ring (bicyclic) bond motifs is 2. The predicted molar refractivity (Wildman–Crippen MR) is 79.8 cm³/mol. The quantitative estimate of drug-likeness (QED) is 0.769. The number of nitrogens with one attached hydrogen (secondary N) is 1. The van der Waals surface area contributed by atoms with Crippen LogP contribution in [-0.4, -0.2) is 26.5 Å². The van der Waals surface area contributed by atoms with E-state index in [9.17, 15) is 14.4 Å². The summed E-state index contributed by atoms with van der Waals surface area (Å²) in [7, 11) is 0. The number of amides is 1. The molecular formula is C15H15N3O4. The van der Waals surface area contributed by atoms with Gasteiger partial charge in [-0.15, -0.1) is 0 Å². The molecule has 2 heterocycles. The minimum Gasteiger partial charge on any atom is -0.474 e. The lowest BCUT2D eigenvalue weighted by molar-refractivity contribution is -0.147. The molecule has 22 heavy (non-hydrogen) atoms. The Kier molecular flexibility index (Phi) is 3.62. The lowest BCUT2D eigenvalue weighted by atomic mass is 10.2. The van der Waals surface area contributed by atoms with E-state index in [1.165, 1.54) is 6.07 Å². The van der Waals surface area contributed by atoms with Crippen LogP contribution in [-0.2, 0) is 22.6 Å². The van der Waals surface area contributed by atoms with Crippen molar-refractivity contribution in [2.75, 3.05) is 5.32 Å². The first kappa shape index (κ1) is 14.2. The van der Waals surface area contributed by atoms with Crippen LogP contribution in [0.3, 0.4) is 0 Å². The van der Waals surface area contributed by atoms with E-state index in [2.05, 4.69) is 10.3 Å². The first-order chi connectivity index (χ1) is 10.6. The van der Waals surface area contributed by atoms with E-state index in [4.69, 9.17) is 5.11 Å². The largest absolute Gasteiger partial charge is 0.474 e. The van der Waals surface area contributed by atoms with Gasteiger partial charge in [-0.3, -0.25) is 14.2 Å². The molecule has 1 aliphatic rings. The van der Waals surface area contributed by atoms with Crippen LogP contribution in [0, 0.1) is 0 Å². The number of carboxylic acid groups (broad SMARTS) is 1. The molecule has 7 heteroatoms. The van der Waals surface area contributed by atoms with Gasteiger partial charge in [-0.1, -0.05) is 6.42 Å². The van der Waals surface area contributed by atoms with Gasteiger partial charge in [0.15, 0.2) is 0 Å². The molecule has 0 spiro atoms. The molecular weight excluding hydrogens is 286 g/mol. The highest BCUT2D eigenvalue weighted by molar-refractivity contribution is 6.36. The van der Waals surface area contributed by atoms with E-state index in [-0.39, 0.29) is 11.2 Å². The fourth-order valence-electron chi connectivity index (χ4n) is 2.68. The molecule has 1 aromatic carbocycles. The summed E-state index contributed by atoms with van der Waals surface area (Å²) in [5.41, 5.74) is 0.688. The maximum atomic E-state index is 12.6. The van der Waals surface area contributed by atoms with Crippen LogP contribution in [0.4, 0.5) is 5.69 Å². The van der Waals surface area contributed by atoms with Gasteiger partial charge < -0.3 is 10.4 Å². The number of aryl methyl sites for hydroxylation is 1. The number of nitrogens with zero attached hydrogens (tertiary/aromatic N) is 2. The number of carbonyl (C=O) groups is 2. The summed E-state index contributed by atoms with van der Waals surface area (Å²) in [5, 5.41) is 11.2. The van der Waals surface area contributed by atoms with Crippen molar-refractivity contribution in [1.82, 2.24) is 9.55 Å². The maximum Gasteiger partial charge on any atom is 0.394 e. The Balaban J connectivity index is 2.08. The van der Waals surface area contributed by atoms with Gasteiger partial charge in [-0.2, -0.15) is 0 Å². The number of rotatable bonds is 1. The van der Waals surface area contributed by atoms with Gasteiger partial charge in [0.2, 0.25) is 0 Å². The van der Waals surface area contributed by atoms with Crippen molar-refractivity contribution >= 4 is 28.5 Å². The van der Waals surface area contributed by atoms with Gasteiger partial charge in [0.1, 0.15) is 5.82 Å². The topological polar surface area (TPSA) is 101 Å². The van der Waals surface area contributed by atoms with Crippen molar-refractivity contribution in [3.05, 3.63) is 34.4 Å². The summed E-state index contributed by atoms with van der Waals surface area (Å²) in [5.74, 6) is -1.92. The second-order valence-corrected chi connectivity index (χ2v) is 5.29. The molecule has 1 aromatic heterocycles. The van der Waals surface area contributed by atoms with E-state index in [1.807, 2.05) is 0 Å². The predicted octanol–water partition coefficient (Wildman–Crippen LogP) is 1.15. The molecule has 7 nitrogen and oxygen atoms in total. The monoisotopic (exact) mass is 301 g/mol. The van der Waals surface area contributed by atoms with Crippen LogP contribution >= 0.6 is 0 Å². The van der Waals surface area contributed by atoms with Crippen LogP contribution < -0.4 is 10.9 Å². The Morgan fingerprint density at radius 3 is 2.82 bits per heavy atom. The first-order valence-electron chi connectivity index (χ1n) is 7.14. The zero-order valence-corrected chi connectivity index (χ0v) is 11.8. The third-order valence-corrected chi connectivity index (χ3v) is 3.77. The lowest BCUT2D eigenvalue weighted by Gasteiger charge is -2.11. The Morgan fingerprint density at radius 1 is 1.23 bits per heavy atom. The van der Waals surface area contributed by atoms with Crippen LogP contribution in [0.25, 0.3) is 10.9 Å². The van der Waals surface area contributed by atoms with Gasteiger partial charge in [-0.25, -0.2) is 9.78 Å². The lowest BCUT2D eigenvalue weighted by Crippen LogP contribution is -2.25. The highest BCUT2D eigenvalue weighted by atomic mass is 16.4. The number of anilines is 1. The second kappa shape index (κ2) is 5.59. The minimum absolute atomic E-state index is 0.145. The molecule has 0 unspecified atom stereocenters. The SMILES string of the molecule is O=C(O)C(=O)Nc1ccc2nc3n(c(=O)c2c1)CCCCC3. The summed E-state index contributed by atoms with van der Waals surface area (Å²) in [6.45, 7) is 0.642. The van der Waals surface area contributed by atoms with Crippen LogP contribution in [0.5, 0.6) is 0 Å². The summed E-state index contributed by atoms with van der Waals surface area (Å²) in [4.78, 5) is 38.9. The molecule has 1 amide bonds. The van der Waals surface area contributed by atoms with Crippen LogP contribution in [0.1, 0.15) is 25.1 Å². The average Bonchev–Trinajstić information content (AvgIpc) is 2.73. The third-order valence-electron chi connectivity index (χ3n) is 3.77. The molecule has 0 atom stereocenters. The molecule has 0 aliphatic carbocycles. The zero-order chi connectivity index (χ0) is 15.7. The molecule has 0 fully saturated rings. The van der Waals surface area contributed by atoms with Gasteiger partial charge in [0.25, 0.3) is 5.56 Å². The number of hydrogen-bond donors (Lipinski definition) is 2. The summed E-state index contributed by atoms with van der Waals surface area (Å²) in [6, 6.07) is 4.65. The van der Waals surface area contributed by atoms with Gasteiger partial charge >= 0.3 is 11.9 Å². The van der Waals surface area contributed by atoms with E-state index in [1.54, 1.807) is 16.7 Å². The molecule has 1 aliphatic heterocycles. The van der Waals surface area contributed by atoms with Crippen molar-refractivity contribution in [2.24, 2.45) is 0 Å². The smallest absolute Gasteiger partial charge is 0.394 e. The molecule has 2 aromatic rings. The number of benzene rings is 1. The number of aromatic nitrogens is 2. The van der Waals surface area contributed by atoms with Crippen molar-refractivity contribution in [3.63, 3.8) is 0 Å². The van der Waals surface area contributed by atoms with E-state index >= 15 is 0 Å². The minimum atomic E-state index is -1.57. The third kappa shape index (κ3) is 2.57. The first-order valence-corrected chi connectivity index (χ1v) is 7.14. The van der Waals surface area contributed by atoms with Crippen molar-refractivity contribution in [3.8, 4) is 0 Å². The summed E-state index contributed by atoms with van der Waals surface area (Å²) < 4.78 is 1.68. The van der Waals surface area contributed by atoms with E-state index in [0.29, 0.717) is 17.4 Å². The average molecular weight is 301 g/mol. The van der Waals surface area contributed by atoms with Gasteiger partial charge in [0, 0.05) is 18.7 Å². The van der Waals surface area contributed by atoms with Crippen LogP contribution in [0.15, 0.2) is 23.0 Å². The summed E-state index contributed by atoms with van der Waals surface area (Å²) >= 11 is 0. The fourth-order valence-corrected chi connectivity index (χ4v) is 2.68. The fraction of sp³-hybridized carbons (Fsp3) is 0.333. The molecule has 0 saturated heterocycles. The Hall–Kier alpha value is -2.70. The Labute approximate surface area is 125 Å². The van der Waals surface area contributed by atoms with Crippen molar-refractivity contribution < 1.29 is 14.7 Å².